The first kappa shape index (κ1) is 17.8. The van der Waals surface area contributed by atoms with E-state index in [0.29, 0.717) is 24.6 Å². The summed E-state index contributed by atoms with van der Waals surface area (Å²) in [5.74, 6) is 1.16. The molecule has 0 atom stereocenters. The maximum Gasteiger partial charge on any atom is 0.265 e. The Balaban J connectivity index is 1.57. The molecule has 2 aromatic carbocycles. The fourth-order valence-electron chi connectivity index (χ4n) is 2.75. The van der Waals surface area contributed by atoms with Crippen molar-refractivity contribution in [3.8, 4) is 11.5 Å². The van der Waals surface area contributed by atoms with E-state index in [1.807, 2.05) is 37.3 Å². The minimum atomic E-state index is -0.141. The van der Waals surface area contributed by atoms with E-state index in [1.165, 1.54) is 0 Å². The van der Waals surface area contributed by atoms with Crippen molar-refractivity contribution in [2.75, 3.05) is 30.0 Å². The molecule has 6 heteroatoms. The third kappa shape index (κ3) is 4.33. The first-order chi connectivity index (χ1) is 12.7. The van der Waals surface area contributed by atoms with Gasteiger partial charge in [0.2, 0.25) is 5.91 Å². The quantitative estimate of drug-likeness (QED) is 0.829. The minimum Gasteiger partial charge on any atom is -0.493 e. The molecule has 0 saturated heterocycles. The summed E-state index contributed by atoms with van der Waals surface area (Å²) in [6.07, 6.45) is 1.11. The fraction of sp³-hybridized carbons (Fsp3) is 0.300. The highest BCUT2D eigenvalue weighted by Crippen LogP contribution is 2.34. The van der Waals surface area contributed by atoms with Crippen molar-refractivity contribution in [3.63, 3.8) is 0 Å². The van der Waals surface area contributed by atoms with Gasteiger partial charge in [-0.25, -0.2) is 0 Å². The van der Waals surface area contributed by atoms with Crippen LogP contribution in [0.1, 0.15) is 19.8 Å². The number of anilines is 2. The second-order valence-electron chi connectivity index (χ2n) is 5.98. The van der Waals surface area contributed by atoms with Crippen molar-refractivity contribution in [3.05, 3.63) is 48.5 Å². The van der Waals surface area contributed by atoms with E-state index in [-0.39, 0.29) is 24.8 Å². The van der Waals surface area contributed by atoms with Crippen molar-refractivity contribution in [2.24, 2.45) is 0 Å². The number of nitrogens with one attached hydrogen (secondary N) is 1. The summed E-state index contributed by atoms with van der Waals surface area (Å²) >= 11 is 0. The summed E-state index contributed by atoms with van der Waals surface area (Å²) in [4.78, 5) is 25.8. The van der Waals surface area contributed by atoms with Crippen LogP contribution >= 0.6 is 0 Å². The maximum absolute atomic E-state index is 12.1. The van der Waals surface area contributed by atoms with Crippen molar-refractivity contribution >= 4 is 23.2 Å². The van der Waals surface area contributed by atoms with E-state index < -0.39 is 0 Å². The smallest absolute Gasteiger partial charge is 0.265 e. The lowest BCUT2D eigenvalue weighted by molar-refractivity contribution is -0.121. The zero-order chi connectivity index (χ0) is 18.4. The predicted molar refractivity (Wildman–Crippen MR) is 99.8 cm³/mol. The summed E-state index contributed by atoms with van der Waals surface area (Å²) in [7, 11) is 0. The Morgan fingerprint density at radius 3 is 2.81 bits per heavy atom. The molecule has 1 aliphatic heterocycles. The number of rotatable bonds is 7. The Bertz CT molecular complexity index is 777. The Morgan fingerprint density at radius 1 is 1.23 bits per heavy atom. The Labute approximate surface area is 152 Å². The predicted octanol–water partition coefficient (Wildman–Crippen LogP) is 3.23. The van der Waals surface area contributed by atoms with Crippen LogP contribution < -0.4 is 19.7 Å². The average molecular weight is 354 g/mol. The molecule has 0 aromatic heterocycles. The van der Waals surface area contributed by atoms with Crippen LogP contribution in [0.25, 0.3) is 0 Å². The van der Waals surface area contributed by atoms with Gasteiger partial charge in [-0.3, -0.25) is 9.59 Å². The van der Waals surface area contributed by atoms with Gasteiger partial charge in [0.25, 0.3) is 5.91 Å². The van der Waals surface area contributed by atoms with Crippen LogP contribution in [0.2, 0.25) is 0 Å². The first-order valence-electron chi connectivity index (χ1n) is 8.72. The molecule has 2 aromatic rings. The van der Waals surface area contributed by atoms with Gasteiger partial charge in [0, 0.05) is 18.3 Å². The summed E-state index contributed by atoms with van der Waals surface area (Å²) in [6, 6.07) is 14.7. The second-order valence-corrected chi connectivity index (χ2v) is 5.98. The number of para-hydroxylation sites is 1. The molecule has 26 heavy (non-hydrogen) atoms. The van der Waals surface area contributed by atoms with E-state index in [4.69, 9.17) is 9.47 Å². The highest BCUT2D eigenvalue weighted by Gasteiger charge is 2.25. The number of hydrogen-bond donors (Lipinski definition) is 1. The first-order valence-corrected chi connectivity index (χ1v) is 8.72. The zero-order valence-corrected chi connectivity index (χ0v) is 14.7. The van der Waals surface area contributed by atoms with Gasteiger partial charge in [0.15, 0.2) is 6.61 Å². The highest BCUT2D eigenvalue weighted by molar-refractivity contribution is 5.99. The Hall–Kier alpha value is -3.02. The van der Waals surface area contributed by atoms with Crippen molar-refractivity contribution in [1.29, 1.82) is 0 Å². The topological polar surface area (TPSA) is 67.9 Å². The molecule has 0 saturated carbocycles. The van der Waals surface area contributed by atoms with Crippen LogP contribution in [0, 0.1) is 0 Å². The molecule has 3 rings (SSSR count). The van der Waals surface area contributed by atoms with E-state index >= 15 is 0 Å². The molecule has 0 radical (unpaired) electrons. The zero-order valence-electron chi connectivity index (χ0n) is 14.7. The lowest BCUT2D eigenvalue weighted by Gasteiger charge is -2.29. The van der Waals surface area contributed by atoms with Gasteiger partial charge in [0.05, 0.1) is 18.7 Å². The number of amides is 2. The van der Waals surface area contributed by atoms with E-state index in [2.05, 4.69) is 5.32 Å². The van der Waals surface area contributed by atoms with Crippen LogP contribution in [0.15, 0.2) is 48.5 Å². The molecule has 0 spiro atoms. The molecule has 0 aliphatic carbocycles. The number of hydrogen-bond acceptors (Lipinski definition) is 4. The van der Waals surface area contributed by atoms with Gasteiger partial charge in [-0.05, 0) is 30.7 Å². The summed E-state index contributed by atoms with van der Waals surface area (Å²) in [6.45, 7) is 3.00. The number of fused-ring (bicyclic) bond motifs is 1. The summed E-state index contributed by atoms with van der Waals surface area (Å²) < 4.78 is 11.0. The second kappa shape index (κ2) is 8.38. The fourth-order valence-corrected chi connectivity index (χ4v) is 2.75. The van der Waals surface area contributed by atoms with E-state index in [0.717, 1.165) is 17.9 Å². The molecule has 6 nitrogen and oxygen atoms in total. The third-order valence-corrected chi connectivity index (χ3v) is 3.97. The molecular weight excluding hydrogens is 332 g/mol. The van der Waals surface area contributed by atoms with E-state index in [1.54, 1.807) is 23.1 Å². The van der Waals surface area contributed by atoms with Gasteiger partial charge >= 0.3 is 0 Å². The number of benzene rings is 2. The number of nitrogens with zero attached hydrogens (tertiary/aromatic N) is 1. The molecular formula is C20H22N2O4. The SMILES string of the molecule is CCCN1C(=O)COc2cc(NC(=O)CCOc3ccccc3)ccc21. The normalized spacial score (nSPS) is 13.0. The molecule has 1 N–H and O–H groups in total. The van der Waals surface area contributed by atoms with Crippen LogP contribution in [-0.4, -0.2) is 31.6 Å². The molecule has 2 amide bonds. The van der Waals surface area contributed by atoms with Crippen molar-refractivity contribution < 1.29 is 19.1 Å². The van der Waals surface area contributed by atoms with Gasteiger partial charge in [0.1, 0.15) is 11.5 Å². The molecule has 1 aliphatic rings. The van der Waals surface area contributed by atoms with Gasteiger partial charge in [-0.1, -0.05) is 25.1 Å². The summed E-state index contributed by atoms with van der Waals surface area (Å²) in [5.41, 5.74) is 1.38. The standard InChI is InChI=1S/C20H22N2O4/c1-2-11-22-17-9-8-15(13-18(17)26-14-20(22)24)21-19(23)10-12-25-16-6-4-3-5-7-16/h3-9,13H,2,10-12,14H2,1H3,(H,21,23). The number of carbonyl (C=O) groups excluding carboxylic acids is 2. The molecule has 0 bridgehead atoms. The Morgan fingerprint density at radius 2 is 2.04 bits per heavy atom. The van der Waals surface area contributed by atoms with Gasteiger partial charge < -0.3 is 19.7 Å². The lowest BCUT2D eigenvalue weighted by Crippen LogP contribution is -2.39. The average Bonchev–Trinajstić information content (AvgIpc) is 2.65. The van der Waals surface area contributed by atoms with E-state index in [9.17, 15) is 9.59 Å². The molecule has 136 valence electrons. The third-order valence-electron chi connectivity index (χ3n) is 3.97. The van der Waals surface area contributed by atoms with Crippen LogP contribution in [-0.2, 0) is 9.59 Å². The van der Waals surface area contributed by atoms with Gasteiger partial charge in [-0.2, -0.15) is 0 Å². The van der Waals surface area contributed by atoms with Crippen LogP contribution in [0.3, 0.4) is 0 Å². The number of carbonyl (C=O) groups is 2. The van der Waals surface area contributed by atoms with Crippen LogP contribution in [0.5, 0.6) is 11.5 Å². The van der Waals surface area contributed by atoms with Crippen molar-refractivity contribution in [2.45, 2.75) is 19.8 Å². The highest BCUT2D eigenvalue weighted by atomic mass is 16.5. The summed E-state index contributed by atoms with van der Waals surface area (Å²) in [5, 5.41) is 2.83. The maximum atomic E-state index is 12.1. The monoisotopic (exact) mass is 354 g/mol. The van der Waals surface area contributed by atoms with Gasteiger partial charge in [-0.15, -0.1) is 0 Å². The number of ether oxygens (including phenoxy) is 2. The molecule has 0 unspecified atom stereocenters. The van der Waals surface area contributed by atoms with Crippen molar-refractivity contribution in [1.82, 2.24) is 0 Å². The molecule has 1 heterocycles. The molecule has 0 fully saturated rings. The minimum absolute atomic E-state index is 0.0231. The van der Waals surface area contributed by atoms with Crippen LogP contribution in [0.4, 0.5) is 11.4 Å². The lowest BCUT2D eigenvalue weighted by atomic mass is 10.2. The largest absolute Gasteiger partial charge is 0.493 e. The Kier molecular flexibility index (Phi) is 5.73.